The predicted molar refractivity (Wildman–Crippen MR) is 160 cm³/mol. The van der Waals surface area contributed by atoms with Gasteiger partial charge in [0.25, 0.3) is 11.8 Å². The summed E-state index contributed by atoms with van der Waals surface area (Å²) in [6.07, 6.45) is 0.879. The first kappa shape index (κ1) is 32.1. The molecule has 41 heavy (non-hydrogen) atoms. The van der Waals surface area contributed by atoms with Gasteiger partial charge in [-0.25, -0.2) is 9.97 Å². The number of amides is 4. The molecular weight excluding hydrogens is 586 g/mol. The minimum Gasteiger partial charge on any atom is -0.351 e. The van der Waals surface area contributed by atoms with E-state index in [1.54, 1.807) is 10.8 Å². The smallest absolute Gasteiger partial charge is 0.271 e. The van der Waals surface area contributed by atoms with Crippen molar-refractivity contribution in [1.29, 1.82) is 0 Å². The number of hydrogen-bond acceptors (Lipinski definition) is 9. The van der Waals surface area contributed by atoms with Crippen LogP contribution in [0.4, 0.5) is 0 Å². The average molecular weight is 620 g/mol. The predicted octanol–water partition coefficient (Wildman–Crippen LogP) is 2.47. The Bertz CT molecular complexity index is 1350. The van der Waals surface area contributed by atoms with Crippen LogP contribution in [0.2, 0.25) is 0 Å². The van der Waals surface area contributed by atoms with E-state index in [0.29, 0.717) is 22.9 Å². The SMILES string of the molecule is CC(C)[C@@H]1NC(=O)c2csc(n2)[C@H](Cc2ccccc2)NC(=O)CN(C(=O)CN)CCCNC(=O)c2csc1n2.Cl. The molecule has 0 aliphatic carbocycles. The van der Waals surface area contributed by atoms with E-state index in [1.807, 2.05) is 44.2 Å². The van der Waals surface area contributed by atoms with Gasteiger partial charge in [-0.2, -0.15) is 0 Å². The van der Waals surface area contributed by atoms with Gasteiger partial charge in [-0.05, 0) is 24.3 Å². The molecule has 220 valence electrons. The number of aromatic nitrogens is 2. The van der Waals surface area contributed by atoms with Crippen molar-refractivity contribution in [2.24, 2.45) is 11.7 Å². The molecule has 3 heterocycles. The monoisotopic (exact) mass is 619 g/mol. The van der Waals surface area contributed by atoms with Crippen LogP contribution >= 0.6 is 35.1 Å². The van der Waals surface area contributed by atoms with Gasteiger partial charge < -0.3 is 26.6 Å². The maximum absolute atomic E-state index is 13.2. The summed E-state index contributed by atoms with van der Waals surface area (Å²) in [5, 5.41) is 13.3. The lowest BCUT2D eigenvalue weighted by Crippen LogP contribution is -2.45. The first-order valence-corrected chi connectivity index (χ1v) is 14.8. The standard InChI is InChI=1S/C27H33N7O4S2.ClH/c1-16(2)23-27-32-19(14-40-27)24(37)29-9-6-10-34(22(36)12-28)13-21(35)30-18(11-17-7-4-3-5-8-17)26-31-20(15-39-26)25(38)33-23;/h3-5,7-8,14-16,18,23H,6,9-13,28H2,1-2H3,(H,29,37)(H,30,35)(H,33,38);1H/t18-,23-;/m0./s1. The molecule has 5 N–H and O–H groups in total. The molecule has 14 heteroatoms. The zero-order chi connectivity index (χ0) is 28.6. The van der Waals surface area contributed by atoms with E-state index in [4.69, 9.17) is 5.73 Å². The summed E-state index contributed by atoms with van der Waals surface area (Å²) in [6, 6.07) is 8.72. The lowest BCUT2D eigenvalue weighted by molar-refractivity contribution is -0.135. The van der Waals surface area contributed by atoms with E-state index >= 15 is 0 Å². The van der Waals surface area contributed by atoms with Crippen LogP contribution in [0.5, 0.6) is 0 Å². The number of nitrogens with zero attached hydrogens (tertiary/aromatic N) is 3. The van der Waals surface area contributed by atoms with Crippen LogP contribution < -0.4 is 21.7 Å². The van der Waals surface area contributed by atoms with E-state index < -0.39 is 12.1 Å². The highest BCUT2D eigenvalue weighted by Gasteiger charge is 2.27. The molecular formula is C27H34ClN7O4S2. The Hall–Kier alpha value is -3.39. The van der Waals surface area contributed by atoms with Crippen LogP contribution in [-0.2, 0) is 16.0 Å². The van der Waals surface area contributed by atoms with Gasteiger partial charge in [0.2, 0.25) is 11.8 Å². The lowest BCUT2D eigenvalue weighted by atomic mass is 10.0. The molecule has 4 amide bonds. The van der Waals surface area contributed by atoms with Gasteiger partial charge in [-0.15, -0.1) is 35.1 Å². The summed E-state index contributed by atoms with van der Waals surface area (Å²) < 4.78 is 0. The van der Waals surface area contributed by atoms with Crippen molar-refractivity contribution in [1.82, 2.24) is 30.8 Å². The molecule has 1 aliphatic heterocycles. The van der Waals surface area contributed by atoms with Crippen molar-refractivity contribution in [3.05, 3.63) is 68.1 Å². The summed E-state index contributed by atoms with van der Waals surface area (Å²) in [5.41, 5.74) is 7.06. The lowest BCUT2D eigenvalue weighted by Gasteiger charge is -2.24. The van der Waals surface area contributed by atoms with Gasteiger partial charge in [0.05, 0.1) is 25.2 Å². The molecule has 4 rings (SSSR count). The maximum atomic E-state index is 13.2. The van der Waals surface area contributed by atoms with Crippen molar-refractivity contribution < 1.29 is 19.2 Å². The van der Waals surface area contributed by atoms with Crippen molar-refractivity contribution in [2.75, 3.05) is 26.2 Å². The quantitative estimate of drug-likeness (QED) is 0.349. The molecule has 1 aromatic carbocycles. The second kappa shape index (κ2) is 15.0. The van der Waals surface area contributed by atoms with Gasteiger partial charge in [0.15, 0.2) is 0 Å². The third-order valence-electron chi connectivity index (χ3n) is 6.40. The summed E-state index contributed by atoms with van der Waals surface area (Å²) in [4.78, 5) is 62.0. The number of benzene rings is 1. The highest BCUT2D eigenvalue weighted by atomic mass is 35.5. The molecule has 0 unspecified atom stereocenters. The average Bonchev–Trinajstić information content (AvgIpc) is 3.63. The second-order valence-corrected chi connectivity index (χ2v) is 11.6. The summed E-state index contributed by atoms with van der Waals surface area (Å²) in [7, 11) is 0. The van der Waals surface area contributed by atoms with E-state index in [0.717, 1.165) is 5.56 Å². The van der Waals surface area contributed by atoms with Crippen LogP contribution in [0.25, 0.3) is 0 Å². The number of halogens is 1. The summed E-state index contributed by atoms with van der Waals surface area (Å²) in [6.45, 7) is 4.02. The number of carbonyl (C=O) groups is 4. The zero-order valence-electron chi connectivity index (χ0n) is 22.8. The van der Waals surface area contributed by atoms with Gasteiger partial charge in [-0.3, -0.25) is 19.2 Å². The number of carbonyl (C=O) groups excluding carboxylic acids is 4. The Labute approximate surface area is 252 Å². The molecule has 2 atom stereocenters. The Balaban J connectivity index is 0.00000462. The fourth-order valence-corrected chi connectivity index (χ4v) is 6.13. The van der Waals surface area contributed by atoms with Crippen LogP contribution in [0.3, 0.4) is 0 Å². The molecule has 0 radical (unpaired) electrons. The van der Waals surface area contributed by atoms with Crippen LogP contribution in [0.15, 0.2) is 41.1 Å². The topological polar surface area (TPSA) is 159 Å². The number of hydrogen-bond donors (Lipinski definition) is 4. The minimum atomic E-state index is -0.514. The number of nitrogens with one attached hydrogen (secondary N) is 3. The number of thiazole rings is 2. The van der Waals surface area contributed by atoms with E-state index in [1.165, 1.54) is 27.6 Å². The Morgan fingerprint density at radius 2 is 1.68 bits per heavy atom. The summed E-state index contributed by atoms with van der Waals surface area (Å²) in [5.74, 6) is -1.46. The molecule has 11 nitrogen and oxygen atoms in total. The van der Waals surface area contributed by atoms with Crippen molar-refractivity contribution in [3.8, 4) is 0 Å². The Morgan fingerprint density at radius 3 is 2.37 bits per heavy atom. The first-order chi connectivity index (χ1) is 19.2. The highest BCUT2D eigenvalue weighted by molar-refractivity contribution is 7.10. The van der Waals surface area contributed by atoms with E-state index in [9.17, 15) is 19.2 Å². The summed E-state index contributed by atoms with van der Waals surface area (Å²) >= 11 is 2.59. The molecule has 0 spiro atoms. The number of fused-ring (bicyclic) bond motifs is 4. The number of rotatable bonds is 4. The minimum absolute atomic E-state index is 0. The van der Waals surface area contributed by atoms with Crippen molar-refractivity contribution in [2.45, 2.75) is 38.8 Å². The van der Waals surface area contributed by atoms with Gasteiger partial charge in [0, 0.05) is 23.8 Å². The third kappa shape index (κ3) is 8.55. The molecule has 0 fully saturated rings. The fraction of sp³-hybridized carbons (Fsp3) is 0.407. The van der Waals surface area contributed by atoms with Crippen LogP contribution in [0.1, 0.15) is 68.9 Å². The fourth-order valence-electron chi connectivity index (χ4n) is 4.26. The highest BCUT2D eigenvalue weighted by Crippen LogP contribution is 2.27. The largest absolute Gasteiger partial charge is 0.351 e. The Morgan fingerprint density at radius 1 is 1.02 bits per heavy atom. The van der Waals surface area contributed by atoms with Crippen molar-refractivity contribution >= 4 is 58.7 Å². The molecule has 1 aliphatic rings. The normalized spacial score (nSPS) is 18.7. The van der Waals surface area contributed by atoms with E-state index in [2.05, 4.69) is 25.9 Å². The molecule has 0 saturated heterocycles. The molecule has 3 aromatic rings. The molecule has 0 saturated carbocycles. The zero-order valence-corrected chi connectivity index (χ0v) is 25.2. The second-order valence-electron chi connectivity index (χ2n) is 9.78. The maximum Gasteiger partial charge on any atom is 0.271 e. The third-order valence-corrected chi connectivity index (χ3v) is 8.28. The van der Waals surface area contributed by atoms with Gasteiger partial charge >= 0.3 is 0 Å². The number of nitrogens with two attached hydrogens (primary N) is 1. The van der Waals surface area contributed by atoms with E-state index in [-0.39, 0.29) is 79.5 Å². The van der Waals surface area contributed by atoms with Gasteiger partial charge in [-0.1, -0.05) is 44.2 Å². The first-order valence-electron chi connectivity index (χ1n) is 13.1. The molecule has 2 aromatic heterocycles. The van der Waals surface area contributed by atoms with Crippen LogP contribution in [0, 0.1) is 5.92 Å². The Kier molecular flexibility index (Phi) is 11.8. The van der Waals surface area contributed by atoms with Gasteiger partial charge in [0.1, 0.15) is 21.4 Å². The van der Waals surface area contributed by atoms with Crippen LogP contribution in [-0.4, -0.2) is 64.7 Å². The molecule has 4 bridgehead atoms. The van der Waals surface area contributed by atoms with Crippen molar-refractivity contribution in [3.63, 3.8) is 0 Å².